The lowest BCUT2D eigenvalue weighted by atomic mass is 9.89. The lowest BCUT2D eigenvalue weighted by Gasteiger charge is -2.40. The van der Waals surface area contributed by atoms with Crippen molar-refractivity contribution in [1.82, 2.24) is 35.7 Å². The molecule has 0 aliphatic carbocycles. The molecule has 1 fully saturated rings. The van der Waals surface area contributed by atoms with Gasteiger partial charge in [-0.3, -0.25) is 14.4 Å². The highest BCUT2D eigenvalue weighted by atomic mass is 16.5. The fourth-order valence-electron chi connectivity index (χ4n) is 5.54. The number of likely N-dealkylation sites (tertiary alicyclic amines) is 1. The minimum Gasteiger partial charge on any atom is -0.496 e. The molecule has 0 saturated carbocycles. The molecule has 1 aromatic heterocycles. The lowest BCUT2D eigenvalue weighted by Crippen LogP contribution is -2.58. The lowest BCUT2D eigenvalue weighted by molar-refractivity contribution is -0.147. The Kier molecular flexibility index (Phi) is 9.55. The number of tetrazole rings is 1. The monoisotopic (exact) mass is 657 g/mol. The van der Waals surface area contributed by atoms with Crippen LogP contribution in [0.5, 0.6) is 34.5 Å². The Labute approximate surface area is 276 Å². The van der Waals surface area contributed by atoms with Crippen molar-refractivity contribution in [3.8, 4) is 34.5 Å². The third kappa shape index (κ3) is 7.24. The number of piperidine rings is 1. The van der Waals surface area contributed by atoms with Crippen LogP contribution in [0.3, 0.4) is 0 Å². The molecule has 9 rings (SSSR count). The van der Waals surface area contributed by atoms with E-state index in [1.165, 1.54) is 25.3 Å². The van der Waals surface area contributed by atoms with Crippen LogP contribution in [0.2, 0.25) is 0 Å². The molecule has 1 spiro atoms. The van der Waals surface area contributed by atoms with Crippen LogP contribution in [-0.2, 0) is 22.7 Å². The van der Waals surface area contributed by atoms with Crippen molar-refractivity contribution in [3.05, 3.63) is 78.1 Å². The van der Waals surface area contributed by atoms with Crippen LogP contribution in [0, 0.1) is 0 Å². The zero-order chi connectivity index (χ0) is 33.5. The molecule has 3 amide bonds. The molecule has 5 aliphatic heterocycles. The van der Waals surface area contributed by atoms with E-state index in [-0.39, 0.29) is 69.9 Å². The predicted molar refractivity (Wildman–Crippen MR) is 169 cm³/mol. The molecule has 15 heteroatoms. The summed E-state index contributed by atoms with van der Waals surface area (Å²) in [6.07, 6.45) is 1.76. The molecule has 15 nitrogen and oxygen atoms in total. The van der Waals surface area contributed by atoms with Gasteiger partial charge in [-0.25, -0.2) is 0 Å². The van der Waals surface area contributed by atoms with Gasteiger partial charge in [-0.2, -0.15) is 4.80 Å². The van der Waals surface area contributed by atoms with Crippen LogP contribution in [0.25, 0.3) is 0 Å². The van der Waals surface area contributed by atoms with Crippen molar-refractivity contribution in [2.24, 2.45) is 0 Å². The Morgan fingerprint density at radius 2 is 1.67 bits per heavy atom. The van der Waals surface area contributed by atoms with E-state index < -0.39 is 5.60 Å². The summed E-state index contributed by atoms with van der Waals surface area (Å²) in [5, 5.41) is 17.2. The van der Waals surface area contributed by atoms with Crippen molar-refractivity contribution in [2.75, 3.05) is 40.5 Å². The molecular weight excluding hydrogens is 622 g/mol. The summed E-state index contributed by atoms with van der Waals surface area (Å²) in [7, 11) is 3.04. The summed E-state index contributed by atoms with van der Waals surface area (Å²) in [4.78, 5) is 42.7. The second-order valence-corrected chi connectivity index (χ2v) is 11.1. The molecule has 1 saturated heterocycles. The highest BCUT2D eigenvalue weighted by Crippen LogP contribution is 2.35. The number of carbonyl (C=O) groups excluding carboxylic acids is 3. The molecule has 6 bridgehead atoms. The topological polar surface area (TPSA) is 168 Å². The maximum Gasteiger partial charge on any atom is 0.264 e. The molecule has 250 valence electrons. The number of methoxy groups -OCH3 is 2. The van der Waals surface area contributed by atoms with Crippen molar-refractivity contribution < 1.29 is 38.1 Å². The number of nitrogens with zero attached hydrogens (tertiary/aromatic N) is 5. The van der Waals surface area contributed by atoms with Gasteiger partial charge in [0.15, 0.2) is 23.4 Å². The maximum absolute atomic E-state index is 14.0. The first-order valence-electron chi connectivity index (χ1n) is 15.4. The van der Waals surface area contributed by atoms with Gasteiger partial charge in [-0.05, 0) is 59.8 Å². The molecule has 2 N–H and O–H groups in total. The number of aromatic nitrogens is 4. The Morgan fingerprint density at radius 1 is 0.917 bits per heavy atom. The summed E-state index contributed by atoms with van der Waals surface area (Å²) in [6, 6.07) is 17.0. The van der Waals surface area contributed by atoms with E-state index in [2.05, 4.69) is 26.0 Å². The number of benzene rings is 3. The summed E-state index contributed by atoms with van der Waals surface area (Å²) in [5.74, 6) is 1.93. The zero-order valence-corrected chi connectivity index (χ0v) is 26.5. The summed E-state index contributed by atoms with van der Waals surface area (Å²) < 4.78 is 29.5. The molecular formula is C33H35N7O8. The molecule has 3 aromatic carbocycles. The number of rotatable bonds is 4. The number of ether oxygens (including phenoxy) is 5. The second-order valence-electron chi connectivity index (χ2n) is 11.1. The van der Waals surface area contributed by atoms with E-state index in [4.69, 9.17) is 23.7 Å². The number of amides is 3. The molecule has 48 heavy (non-hydrogen) atoms. The van der Waals surface area contributed by atoms with Crippen LogP contribution in [-0.4, -0.2) is 88.9 Å². The van der Waals surface area contributed by atoms with Gasteiger partial charge in [0.25, 0.3) is 11.8 Å². The normalized spacial score (nSPS) is 16.3. The molecule has 0 unspecified atom stereocenters. The first-order valence-corrected chi connectivity index (χ1v) is 15.4. The van der Waals surface area contributed by atoms with Crippen LogP contribution in [0.1, 0.15) is 28.8 Å². The number of hydrogen-bond acceptors (Lipinski definition) is 11. The number of hydrogen-bond donors (Lipinski definition) is 2. The predicted octanol–water partition coefficient (Wildman–Crippen LogP) is 2.36. The van der Waals surface area contributed by atoms with Crippen molar-refractivity contribution in [1.29, 1.82) is 0 Å². The minimum atomic E-state index is -1.26. The van der Waals surface area contributed by atoms with Gasteiger partial charge in [-0.15, -0.1) is 10.2 Å². The van der Waals surface area contributed by atoms with E-state index in [1.807, 2.05) is 0 Å². The third-order valence-corrected chi connectivity index (χ3v) is 8.15. The highest BCUT2D eigenvalue weighted by Gasteiger charge is 2.44. The van der Waals surface area contributed by atoms with Crippen LogP contribution >= 0.6 is 0 Å². The van der Waals surface area contributed by atoms with E-state index in [9.17, 15) is 14.4 Å². The van der Waals surface area contributed by atoms with Gasteiger partial charge in [0.2, 0.25) is 5.91 Å². The zero-order valence-electron chi connectivity index (χ0n) is 26.5. The Balaban J connectivity index is 1.26. The van der Waals surface area contributed by atoms with Gasteiger partial charge in [0, 0.05) is 49.7 Å². The average molecular weight is 658 g/mol. The Morgan fingerprint density at radius 3 is 2.40 bits per heavy atom. The van der Waals surface area contributed by atoms with E-state index >= 15 is 0 Å². The second kappa shape index (κ2) is 14.3. The van der Waals surface area contributed by atoms with Gasteiger partial charge in [0.05, 0.1) is 20.8 Å². The average Bonchev–Trinajstić information content (AvgIpc) is 3.63. The first kappa shape index (κ1) is 32.1. The van der Waals surface area contributed by atoms with Crippen LogP contribution in [0.4, 0.5) is 0 Å². The molecule has 0 radical (unpaired) electrons. The summed E-state index contributed by atoms with van der Waals surface area (Å²) >= 11 is 0. The maximum atomic E-state index is 14.0. The van der Waals surface area contributed by atoms with Crippen molar-refractivity contribution in [2.45, 2.75) is 31.5 Å². The quantitative estimate of drug-likeness (QED) is 0.331. The SMILES string of the molecule is COc1cc2ccc1CNC(=O)C1(CCN(C(=O)Cn3ncnn3)CC1)Oc1ccc(cc1)OCCNC(=O)c1ccc(OC)c(c1)O2. The van der Waals surface area contributed by atoms with Crippen LogP contribution < -0.4 is 34.3 Å². The highest BCUT2D eigenvalue weighted by molar-refractivity contribution is 5.95. The van der Waals surface area contributed by atoms with E-state index in [1.54, 1.807) is 65.6 Å². The molecule has 5 aliphatic rings. The fourth-order valence-corrected chi connectivity index (χ4v) is 5.54. The number of nitrogens with one attached hydrogen (secondary N) is 2. The van der Waals surface area contributed by atoms with E-state index in [0.717, 1.165) is 0 Å². The largest absolute Gasteiger partial charge is 0.496 e. The van der Waals surface area contributed by atoms with Crippen molar-refractivity contribution in [3.63, 3.8) is 0 Å². The smallest absolute Gasteiger partial charge is 0.264 e. The summed E-state index contributed by atoms with van der Waals surface area (Å²) in [5.41, 5.74) is -0.175. The Bertz CT molecular complexity index is 1760. The standard InChI is InChI=1S/C33H35N7O8/c1-44-27-10-4-22-17-29(27)47-26-5-3-23(28(18-26)45-2)19-35-32(43)33(11-14-39(15-12-33)30(41)20-40-37-21-36-38-40)48-25-8-6-24(7-9-25)46-16-13-34-31(22)42/h3-10,17-18,21H,11-16,19-20H2,1-2H3,(H,34,42)(H,35,43). The van der Waals surface area contributed by atoms with Gasteiger partial charge >= 0.3 is 0 Å². The van der Waals surface area contributed by atoms with Gasteiger partial charge < -0.3 is 39.2 Å². The summed E-state index contributed by atoms with van der Waals surface area (Å²) in [6.45, 7) is 1.13. The first-order chi connectivity index (χ1) is 23.4. The van der Waals surface area contributed by atoms with Gasteiger partial charge in [0.1, 0.15) is 36.1 Å². The third-order valence-electron chi connectivity index (χ3n) is 8.15. The molecule has 4 aromatic rings. The van der Waals surface area contributed by atoms with Crippen molar-refractivity contribution >= 4 is 17.7 Å². The Hall–Kier alpha value is -5.86. The fraction of sp³-hybridized carbons (Fsp3) is 0.333. The minimum absolute atomic E-state index is 0.0527. The van der Waals surface area contributed by atoms with Gasteiger partial charge in [-0.1, -0.05) is 0 Å². The molecule has 0 atom stereocenters. The van der Waals surface area contributed by atoms with E-state index in [0.29, 0.717) is 45.6 Å². The molecule has 6 heterocycles. The number of carbonyl (C=O) groups is 3. The van der Waals surface area contributed by atoms with Crippen LogP contribution in [0.15, 0.2) is 67.0 Å².